The number of rotatable bonds is 8. The van der Waals surface area contributed by atoms with E-state index in [1.54, 1.807) is 0 Å². The van der Waals surface area contributed by atoms with Crippen LogP contribution in [-0.2, 0) is 13.0 Å². The molecule has 0 bridgehead atoms. The van der Waals surface area contributed by atoms with Gasteiger partial charge >= 0.3 is 0 Å². The van der Waals surface area contributed by atoms with Gasteiger partial charge in [-0.25, -0.2) is 0 Å². The Morgan fingerprint density at radius 2 is 1.54 bits per heavy atom. The van der Waals surface area contributed by atoms with Gasteiger partial charge in [-0.1, -0.05) is 61.5 Å². The van der Waals surface area contributed by atoms with Gasteiger partial charge in [-0.05, 0) is 61.4 Å². The molecule has 1 saturated carbocycles. The summed E-state index contributed by atoms with van der Waals surface area (Å²) in [5, 5.41) is 0.233. The van der Waals surface area contributed by atoms with Crippen molar-refractivity contribution < 1.29 is 0 Å². The molecule has 0 radical (unpaired) electrons. The first-order valence-electron chi connectivity index (χ1n) is 9.79. The third kappa shape index (κ3) is 5.49. The molecule has 0 amide bonds. The van der Waals surface area contributed by atoms with E-state index in [0.29, 0.717) is 5.92 Å². The van der Waals surface area contributed by atoms with E-state index in [1.807, 2.05) is 0 Å². The standard InChI is InChI=1S/C23H29Cl2N/c1-2-26(17-19-7-4-3-5-8-19)14-6-9-18-10-12-20(13-11-18)21-15-22(24)23(25)16-21/h3-5,7-8,10-13,21-23H,2,6,9,14-17H2,1H3. The van der Waals surface area contributed by atoms with Crippen molar-refractivity contribution in [3.05, 3.63) is 71.3 Å². The molecule has 1 aliphatic carbocycles. The molecule has 2 aromatic rings. The summed E-state index contributed by atoms with van der Waals surface area (Å²) in [6.45, 7) is 5.51. The molecule has 2 unspecified atom stereocenters. The summed E-state index contributed by atoms with van der Waals surface area (Å²) in [5.41, 5.74) is 4.21. The maximum absolute atomic E-state index is 6.27. The van der Waals surface area contributed by atoms with Crippen LogP contribution in [0.3, 0.4) is 0 Å². The molecule has 1 fully saturated rings. The molecule has 2 atom stereocenters. The van der Waals surface area contributed by atoms with Crippen molar-refractivity contribution in [3.63, 3.8) is 0 Å². The zero-order valence-electron chi connectivity index (χ0n) is 15.6. The lowest BCUT2D eigenvalue weighted by atomic mass is 9.96. The molecule has 3 rings (SSSR count). The molecule has 3 heteroatoms. The molecule has 0 spiro atoms. The van der Waals surface area contributed by atoms with Gasteiger partial charge in [-0.15, -0.1) is 23.2 Å². The summed E-state index contributed by atoms with van der Waals surface area (Å²) in [4.78, 5) is 2.52. The minimum atomic E-state index is 0.117. The number of alkyl halides is 2. The van der Waals surface area contributed by atoms with Gasteiger partial charge in [0, 0.05) is 6.54 Å². The topological polar surface area (TPSA) is 3.24 Å². The highest BCUT2D eigenvalue weighted by Gasteiger charge is 2.32. The smallest absolute Gasteiger partial charge is 0.0505 e. The van der Waals surface area contributed by atoms with E-state index in [0.717, 1.165) is 38.9 Å². The second-order valence-electron chi connectivity index (χ2n) is 7.40. The number of aryl methyl sites for hydroxylation is 1. The molecule has 1 aliphatic rings. The van der Waals surface area contributed by atoms with Crippen LogP contribution >= 0.6 is 23.2 Å². The lowest BCUT2D eigenvalue weighted by Crippen LogP contribution is -2.24. The Morgan fingerprint density at radius 1 is 0.885 bits per heavy atom. The van der Waals surface area contributed by atoms with Crippen LogP contribution in [0, 0.1) is 0 Å². The van der Waals surface area contributed by atoms with Crippen molar-refractivity contribution >= 4 is 23.2 Å². The lowest BCUT2D eigenvalue weighted by Gasteiger charge is -2.20. The first kappa shape index (κ1) is 19.7. The van der Waals surface area contributed by atoms with Gasteiger partial charge in [0.05, 0.1) is 10.8 Å². The minimum absolute atomic E-state index is 0.117. The van der Waals surface area contributed by atoms with Crippen LogP contribution in [-0.4, -0.2) is 28.7 Å². The van der Waals surface area contributed by atoms with Crippen LogP contribution in [0.2, 0.25) is 0 Å². The Bertz CT molecular complexity index is 646. The number of hydrogen-bond donors (Lipinski definition) is 0. The fourth-order valence-electron chi connectivity index (χ4n) is 3.86. The predicted octanol–water partition coefficient (Wildman–Crippen LogP) is 6.23. The number of halogens is 2. The SMILES string of the molecule is CCN(CCCc1ccc(C2CC(Cl)C(Cl)C2)cc1)Cc1ccccc1. The third-order valence-corrected chi connectivity index (χ3v) is 6.59. The van der Waals surface area contributed by atoms with E-state index in [-0.39, 0.29) is 10.8 Å². The summed E-state index contributed by atoms with van der Waals surface area (Å²) < 4.78 is 0. The first-order valence-corrected chi connectivity index (χ1v) is 10.7. The van der Waals surface area contributed by atoms with Crippen molar-refractivity contribution in [2.75, 3.05) is 13.1 Å². The molecule has 0 heterocycles. The van der Waals surface area contributed by atoms with E-state index in [2.05, 4.69) is 66.4 Å². The molecular formula is C23H29Cl2N. The molecule has 1 nitrogen and oxygen atoms in total. The summed E-state index contributed by atoms with van der Waals surface area (Å²) in [5.74, 6) is 0.524. The molecule has 26 heavy (non-hydrogen) atoms. The molecule has 2 aromatic carbocycles. The molecule has 0 N–H and O–H groups in total. The van der Waals surface area contributed by atoms with Crippen LogP contribution in [0.1, 0.15) is 48.8 Å². The zero-order valence-corrected chi connectivity index (χ0v) is 17.1. The summed E-state index contributed by atoms with van der Waals surface area (Å²) in [7, 11) is 0. The van der Waals surface area contributed by atoms with E-state index in [1.165, 1.54) is 23.1 Å². The first-order chi connectivity index (χ1) is 12.7. The fraction of sp³-hybridized carbons (Fsp3) is 0.478. The Labute approximate surface area is 168 Å². The molecule has 0 aromatic heterocycles. The Hall–Kier alpha value is -1.02. The third-order valence-electron chi connectivity index (χ3n) is 5.50. The maximum atomic E-state index is 6.27. The second kappa shape index (κ2) is 9.78. The van der Waals surface area contributed by atoms with Crippen LogP contribution in [0.5, 0.6) is 0 Å². The van der Waals surface area contributed by atoms with Gasteiger partial charge in [0.25, 0.3) is 0 Å². The van der Waals surface area contributed by atoms with Crippen molar-refractivity contribution in [1.82, 2.24) is 4.90 Å². The lowest BCUT2D eigenvalue weighted by molar-refractivity contribution is 0.276. The Kier molecular flexibility index (Phi) is 7.42. The fourth-order valence-corrected chi connectivity index (χ4v) is 4.50. The maximum Gasteiger partial charge on any atom is 0.0505 e. The van der Waals surface area contributed by atoms with Gasteiger partial charge in [0.15, 0.2) is 0 Å². The van der Waals surface area contributed by atoms with E-state index in [9.17, 15) is 0 Å². The molecule has 0 saturated heterocycles. The molecule has 140 valence electrons. The van der Waals surface area contributed by atoms with Gasteiger partial charge < -0.3 is 0 Å². The predicted molar refractivity (Wildman–Crippen MR) is 113 cm³/mol. The largest absolute Gasteiger partial charge is 0.299 e. The second-order valence-corrected chi connectivity index (χ2v) is 8.52. The van der Waals surface area contributed by atoms with E-state index in [4.69, 9.17) is 23.2 Å². The van der Waals surface area contributed by atoms with Gasteiger partial charge in [-0.3, -0.25) is 4.90 Å². The summed E-state index contributed by atoms with van der Waals surface area (Å²) in [6.07, 6.45) is 4.32. The van der Waals surface area contributed by atoms with E-state index < -0.39 is 0 Å². The highest BCUT2D eigenvalue weighted by Crippen LogP contribution is 2.40. The Morgan fingerprint density at radius 3 is 2.15 bits per heavy atom. The van der Waals surface area contributed by atoms with Crippen LogP contribution < -0.4 is 0 Å². The highest BCUT2D eigenvalue weighted by molar-refractivity contribution is 6.30. The van der Waals surface area contributed by atoms with Crippen LogP contribution in [0.25, 0.3) is 0 Å². The summed E-state index contributed by atoms with van der Waals surface area (Å²) in [6, 6.07) is 19.9. The van der Waals surface area contributed by atoms with Crippen molar-refractivity contribution in [3.8, 4) is 0 Å². The van der Waals surface area contributed by atoms with Gasteiger partial charge in [0.2, 0.25) is 0 Å². The molecule has 0 aliphatic heterocycles. The average Bonchev–Trinajstić information content (AvgIpc) is 3.01. The number of nitrogens with zero attached hydrogens (tertiary/aromatic N) is 1. The Balaban J connectivity index is 1.45. The quantitative estimate of drug-likeness (QED) is 0.483. The van der Waals surface area contributed by atoms with Crippen molar-refractivity contribution in [1.29, 1.82) is 0 Å². The average molecular weight is 390 g/mol. The number of benzene rings is 2. The van der Waals surface area contributed by atoms with Gasteiger partial charge in [-0.2, -0.15) is 0 Å². The van der Waals surface area contributed by atoms with Crippen LogP contribution in [0.4, 0.5) is 0 Å². The monoisotopic (exact) mass is 389 g/mol. The zero-order chi connectivity index (χ0) is 18.4. The number of hydrogen-bond acceptors (Lipinski definition) is 1. The molecular weight excluding hydrogens is 361 g/mol. The van der Waals surface area contributed by atoms with E-state index >= 15 is 0 Å². The van der Waals surface area contributed by atoms with Gasteiger partial charge in [0.1, 0.15) is 0 Å². The van der Waals surface area contributed by atoms with Crippen LogP contribution in [0.15, 0.2) is 54.6 Å². The normalized spacial score (nSPS) is 22.8. The van der Waals surface area contributed by atoms with Crippen molar-refractivity contribution in [2.24, 2.45) is 0 Å². The highest BCUT2D eigenvalue weighted by atomic mass is 35.5. The van der Waals surface area contributed by atoms with Crippen molar-refractivity contribution in [2.45, 2.75) is 55.8 Å². The minimum Gasteiger partial charge on any atom is -0.299 e. The summed E-state index contributed by atoms with van der Waals surface area (Å²) >= 11 is 12.5.